The van der Waals surface area contributed by atoms with Crippen molar-refractivity contribution in [2.45, 2.75) is 6.92 Å². The lowest BCUT2D eigenvalue weighted by molar-refractivity contribution is -0.141. The standard InChI is InChI=1S/C17H18O4/c1-13(2)17(18)20-10-9-19-12-21-16-8-7-14-5-3-4-6-15(14)11-16/h3-8,11H,1,9-10,12H2,2H3. The van der Waals surface area contributed by atoms with Crippen molar-refractivity contribution in [3.05, 3.63) is 54.6 Å². The zero-order chi connectivity index (χ0) is 15.1. The van der Waals surface area contributed by atoms with Crippen LogP contribution in [0.3, 0.4) is 0 Å². The van der Waals surface area contributed by atoms with Gasteiger partial charge in [-0.05, 0) is 29.8 Å². The van der Waals surface area contributed by atoms with E-state index in [0.29, 0.717) is 5.57 Å². The van der Waals surface area contributed by atoms with Crippen LogP contribution >= 0.6 is 0 Å². The fraction of sp³-hybridized carbons (Fsp3) is 0.235. The lowest BCUT2D eigenvalue weighted by Crippen LogP contribution is -2.13. The van der Waals surface area contributed by atoms with Crippen molar-refractivity contribution in [1.29, 1.82) is 0 Å². The molecule has 0 amide bonds. The van der Waals surface area contributed by atoms with Crippen molar-refractivity contribution in [3.8, 4) is 5.75 Å². The van der Waals surface area contributed by atoms with Crippen LogP contribution in [0.5, 0.6) is 5.75 Å². The Morgan fingerprint density at radius 3 is 2.62 bits per heavy atom. The zero-order valence-electron chi connectivity index (χ0n) is 12.0. The number of fused-ring (bicyclic) bond motifs is 1. The van der Waals surface area contributed by atoms with E-state index in [2.05, 4.69) is 6.58 Å². The molecule has 0 aliphatic rings. The van der Waals surface area contributed by atoms with E-state index in [1.807, 2.05) is 42.5 Å². The highest BCUT2D eigenvalue weighted by Gasteiger charge is 2.02. The van der Waals surface area contributed by atoms with Crippen LogP contribution in [0.4, 0.5) is 0 Å². The maximum atomic E-state index is 11.1. The van der Waals surface area contributed by atoms with Gasteiger partial charge in [-0.2, -0.15) is 0 Å². The first-order valence-corrected chi connectivity index (χ1v) is 6.69. The number of hydrogen-bond donors (Lipinski definition) is 0. The number of carbonyl (C=O) groups is 1. The molecular formula is C17H18O4. The van der Waals surface area contributed by atoms with E-state index < -0.39 is 5.97 Å². The van der Waals surface area contributed by atoms with Crippen molar-refractivity contribution >= 4 is 16.7 Å². The second-order valence-corrected chi connectivity index (χ2v) is 4.60. The maximum absolute atomic E-state index is 11.1. The highest BCUT2D eigenvalue weighted by Crippen LogP contribution is 2.20. The molecule has 0 aliphatic heterocycles. The first kappa shape index (κ1) is 15.1. The molecule has 110 valence electrons. The van der Waals surface area contributed by atoms with Crippen LogP contribution in [-0.4, -0.2) is 26.0 Å². The largest absolute Gasteiger partial charge is 0.468 e. The average molecular weight is 286 g/mol. The molecule has 0 unspecified atom stereocenters. The zero-order valence-corrected chi connectivity index (χ0v) is 12.0. The third kappa shape index (κ3) is 4.61. The predicted octanol–water partition coefficient (Wildman–Crippen LogP) is 3.31. The monoisotopic (exact) mass is 286 g/mol. The number of rotatable bonds is 7. The summed E-state index contributed by atoms with van der Waals surface area (Å²) in [5.41, 5.74) is 0.377. The Hall–Kier alpha value is -2.33. The van der Waals surface area contributed by atoms with Gasteiger partial charge in [-0.25, -0.2) is 4.79 Å². The summed E-state index contributed by atoms with van der Waals surface area (Å²) in [5, 5.41) is 2.28. The maximum Gasteiger partial charge on any atom is 0.333 e. The second-order valence-electron chi connectivity index (χ2n) is 4.60. The molecule has 0 saturated heterocycles. The summed E-state index contributed by atoms with van der Waals surface area (Å²) in [4.78, 5) is 11.1. The molecule has 0 bridgehead atoms. The van der Waals surface area contributed by atoms with Gasteiger partial charge in [-0.15, -0.1) is 0 Å². The molecule has 4 heteroatoms. The second kappa shape index (κ2) is 7.45. The van der Waals surface area contributed by atoms with Gasteiger partial charge in [0.05, 0.1) is 6.61 Å². The molecule has 0 fully saturated rings. The molecule has 0 aliphatic carbocycles. The Morgan fingerprint density at radius 2 is 1.86 bits per heavy atom. The van der Waals surface area contributed by atoms with Gasteiger partial charge < -0.3 is 14.2 Å². The van der Waals surface area contributed by atoms with Crippen LogP contribution in [0.15, 0.2) is 54.6 Å². The summed E-state index contributed by atoms with van der Waals surface area (Å²) in [6, 6.07) is 13.9. The van der Waals surface area contributed by atoms with Gasteiger partial charge in [0.2, 0.25) is 0 Å². The third-order valence-corrected chi connectivity index (χ3v) is 2.84. The molecule has 0 aromatic heterocycles. The van der Waals surface area contributed by atoms with Gasteiger partial charge in [-0.3, -0.25) is 0 Å². The van der Waals surface area contributed by atoms with Crippen molar-refractivity contribution in [3.63, 3.8) is 0 Å². The minimum atomic E-state index is -0.408. The van der Waals surface area contributed by atoms with Crippen LogP contribution in [-0.2, 0) is 14.3 Å². The SMILES string of the molecule is C=C(C)C(=O)OCCOCOc1ccc2ccccc2c1. The first-order valence-electron chi connectivity index (χ1n) is 6.69. The van der Waals surface area contributed by atoms with Gasteiger partial charge in [-0.1, -0.05) is 36.9 Å². The van der Waals surface area contributed by atoms with Crippen molar-refractivity contribution in [1.82, 2.24) is 0 Å². The molecule has 2 rings (SSSR count). The summed E-state index contributed by atoms with van der Waals surface area (Å²) in [6.45, 7) is 5.68. The van der Waals surface area contributed by atoms with E-state index in [9.17, 15) is 4.79 Å². The average Bonchev–Trinajstić information content (AvgIpc) is 2.50. The van der Waals surface area contributed by atoms with Crippen molar-refractivity contribution < 1.29 is 19.0 Å². The van der Waals surface area contributed by atoms with Gasteiger partial charge in [0.15, 0.2) is 6.79 Å². The third-order valence-electron chi connectivity index (χ3n) is 2.84. The molecule has 0 radical (unpaired) electrons. The van der Waals surface area contributed by atoms with Crippen LogP contribution in [0.2, 0.25) is 0 Å². The number of ether oxygens (including phenoxy) is 3. The number of benzene rings is 2. The first-order chi connectivity index (χ1) is 10.2. The van der Waals surface area contributed by atoms with E-state index in [1.54, 1.807) is 6.92 Å². The smallest absolute Gasteiger partial charge is 0.333 e. The molecule has 21 heavy (non-hydrogen) atoms. The fourth-order valence-corrected chi connectivity index (χ4v) is 1.74. The number of carbonyl (C=O) groups excluding carboxylic acids is 1. The highest BCUT2D eigenvalue weighted by atomic mass is 16.7. The number of esters is 1. The molecule has 0 heterocycles. The quantitative estimate of drug-likeness (QED) is 0.339. The fourth-order valence-electron chi connectivity index (χ4n) is 1.74. The molecular weight excluding hydrogens is 268 g/mol. The summed E-state index contributed by atoms with van der Waals surface area (Å²) < 4.78 is 15.6. The molecule has 2 aromatic rings. The summed E-state index contributed by atoms with van der Waals surface area (Å²) in [6.07, 6.45) is 0. The van der Waals surface area contributed by atoms with Crippen LogP contribution in [0.1, 0.15) is 6.92 Å². The summed E-state index contributed by atoms with van der Waals surface area (Å²) in [5.74, 6) is 0.335. The Kier molecular flexibility index (Phi) is 5.35. The predicted molar refractivity (Wildman–Crippen MR) is 81.2 cm³/mol. The van der Waals surface area contributed by atoms with Crippen LogP contribution in [0, 0.1) is 0 Å². The van der Waals surface area contributed by atoms with Crippen LogP contribution < -0.4 is 4.74 Å². The topological polar surface area (TPSA) is 44.8 Å². The molecule has 0 saturated carbocycles. The molecule has 0 spiro atoms. The van der Waals surface area contributed by atoms with Crippen molar-refractivity contribution in [2.24, 2.45) is 0 Å². The van der Waals surface area contributed by atoms with E-state index in [1.165, 1.54) is 0 Å². The Balaban J connectivity index is 1.70. The van der Waals surface area contributed by atoms with Crippen LogP contribution in [0.25, 0.3) is 10.8 Å². The van der Waals surface area contributed by atoms with Gasteiger partial charge >= 0.3 is 5.97 Å². The van der Waals surface area contributed by atoms with E-state index >= 15 is 0 Å². The van der Waals surface area contributed by atoms with Gasteiger partial charge in [0.25, 0.3) is 0 Å². The minimum absolute atomic E-state index is 0.114. The molecule has 0 N–H and O–H groups in total. The van der Waals surface area contributed by atoms with Gasteiger partial charge in [0.1, 0.15) is 12.4 Å². The highest BCUT2D eigenvalue weighted by molar-refractivity contribution is 5.86. The van der Waals surface area contributed by atoms with E-state index in [4.69, 9.17) is 14.2 Å². The van der Waals surface area contributed by atoms with E-state index in [0.717, 1.165) is 16.5 Å². The normalized spacial score (nSPS) is 10.3. The van der Waals surface area contributed by atoms with Gasteiger partial charge in [0, 0.05) is 5.57 Å². The molecule has 2 aromatic carbocycles. The summed E-state index contributed by atoms with van der Waals surface area (Å²) >= 11 is 0. The Labute approximate surface area is 123 Å². The molecule has 4 nitrogen and oxygen atoms in total. The van der Waals surface area contributed by atoms with Crippen molar-refractivity contribution in [2.75, 3.05) is 20.0 Å². The lowest BCUT2D eigenvalue weighted by atomic mass is 10.1. The Morgan fingerprint density at radius 1 is 1.10 bits per heavy atom. The van der Waals surface area contributed by atoms with E-state index in [-0.39, 0.29) is 20.0 Å². The lowest BCUT2D eigenvalue weighted by Gasteiger charge is -2.08. The number of hydrogen-bond acceptors (Lipinski definition) is 4. The minimum Gasteiger partial charge on any atom is -0.468 e. The molecule has 0 atom stereocenters. The Bertz CT molecular complexity index is 633. The summed E-state index contributed by atoms with van der Waals surface area (Å²) in [7, 11) is 0.